The van der Waals surface area contributed by atoms with Crippen LogP contribution in [0.2, 0.25) is 0 Å². The summed E-state index contributed by atoms with van der Waals surface area (Å²) in [6.45, 7) is 2.52. The number of rotatable bonds is 12. The van der Waals surface area contributed by atoms with Crippen LogP contribution < -0.4 is 11.5 Å². The molecule has 2 unspecified atom stereocenters. The van der Waals surface area contributed by atoms with Crippen molar-refractivity contribution in [1.82, 2.24) is 9.80 Å². The first-order chi connectivity index (χ1) is 19.9. The van der Waals surface area contributed by atoms with Gasteiger partial charge in [-0.1, -0.05) is 19.9 Å². The number of carbonyl (C=O) groups is 6. The average molecular weight is 851 g/mol. The Morgan fingerprint density at radius 1 is 1.09 bits per heavy atom. The number of allylic oxidation sites excluding steroid dienone is 1. The third-order valence-electron chi connectivity index (χ3n) is 5.82. The molecule has 0 aromatic carbocycles. The summed E-state index contributed by atoms with van der Waals surface area (Å²) in [6, 6.07) is -2.02. The van der Waals surface area contributed by atoms with E-state index in [2.05, 4.69) is 17.9 Å². The van der Waals surface area contributed by atoms with Crippen molar-refractivity contribution < 1.29 is 91.3 Å². The van der Waals surface area contributed by atoms with Crippen molar-refractivity contribution in [2.75, 3.05) is 27.3 Å². The first-order valence-corrected chi connectivity index (χ1v) is 12.1. The quantitative estimate of drug-likeness (QED) is 0.0932. The molecule has 1 rings (SSSR count). The van der Waals surface area contributed by atoms with E-state index in [9.17, 15) is 50.7 Å². The number of ether oxygens (including phenoxy) is 2. The van der Waals surface area contributed by atoms with Crippen LogP contribution in [-0.2, 0) is 38.2 Å². The zero-order valence-electron chi connectivity index (χ0n) is 24.9. The number of primary amides is 2. The molecule has 1 heterocycles. The smallest absolute Gasteiger partial charge is 0.409 e. The largest absolute Gasteiger partial charge is 0.469 e. The van der Waals surface area contributed by atoms with Gasteiger partial charge in [0, 0.05) is 64.6 Å². The van der Waals surface area contributed by atoms with Crippen LogP contribution in [0.25, 0.3) is 0 Å². The molecule has 1 aliphatic rings. The molecule has 0 bridgehead atoms. The molecule has 12 nitrogen and oxygen atoms in total. The number of halogens is 5. The van der Waals surface area contributed by atoms with E-state index in [4.69, 9.17) is 12.8 Å². The molecular formula is C24H34BF5N4O8U. The van der Waals surface area contributed by atoms with E-state index in [0.717, 1.165) is 24.0 Å². The normalized spacial score (nSPS) is 17.4. The third-order valence-corrected chi connectivity index (χ3v) is 5.82. The minimum absolute atomic E-state index is 0. The Hall–Kier alpha value is -2.93. The second kappa shape index (κ2) is 20.9. The molecule has 0 aliphatic carbocycles. The molecule has 0 aromatic heterocycles. The first kappa shape index (κ1) is 42.2. The van der Waals surface area contributed by atoms with Gasteiger partial charge in [0.25, 0.3) is 6.08 Å². The van der Waals surface area contributed by atoms with Gasteiger partial charge in [-0.15, -0.1) is 0 Å². The summed E-state index contributed by atoms with van der Waals surface area (Å²) < 4.78 is 75.0. The summed E-state index contributed by atoms with van der Waals surface area (Å²) in [5, 5.41) is 0. The summed E-state index contributed by atoms with van der Waals surface area (Å²) in [7, 11) is 5.88. The minimum Gasteiger partial charge on any atom is -0.469 e. The van der Waals surface area contributed by atoms with Gasteiger partial charge in [-0.2, -0.15) is 22.0 Å². The van der Waals surface area contributed by atoms with Crippen molar-refractivity contribution in [2.24, 2.45) is 23.3 Å². The summed E-state index contributed by atoms with van der Waals surface area (Å²) in [6.07, 6.45) is -5.70. The second-order valence-corrected chi connectivity index (χ2v) is 8.51. The number of nitrogens with two attached hydrogens (primary N) is 2. The summed E-state index contributed by atoms with van der Waals surface area (Å²) in [4.78, 5) is 71.1. The van der Waals surface area contributed by atoms with Crippen molar-refractivity contribution >= 4 is 43.9 Å². The Bertz CT molecular complexity index is 1050. The zero-order valence-corrected chi connectivity index (χ0v) is 28.0. The van der Waals surface area contributed by atoms with Gasteiger partial charge in [-0.05, 0) is 20.3 Å². The molecule has 240 valence electrons. The number of hydrogen-bond donors (Lipinski definition) is 2. The van der Waals surface area contributed by atoms with E-state index in [0.29, 0.717) is 12.2 Å². The number of amides is 4. The molecule has 4 atom stereocenters. The molecule has 0 aromatic rings. The maximum Gasteiger partial charge on any atom is 0.409 e. The fourth-order valence-corrected chi connectivity index (χ4v) is 3.93. The summed E-state index contributed by atoms with van der Waals surface area (Å²) >= 11 is 0. The average Bonchev–Trinajstić information content (AvgIpc) is 3.22. The molecule has 1 fully saturated rings. The van der Waals surface area contributed by atoms with Crippen LogP contribution in [0.15, 0.2) is 24.3 Å². The molecule has 19 heteroatoms. The number of nitrogens with zero attached hydrogens (tertiary/aromatic N) is 2. The fraction of sp³-hybridized carbons (Fsp3) is 0.583. The third kappa shape index (κ3) is 14.9. The van der Waals surface area contributed by atoms with Crippen LogP contribution in [-0.4, -0.2) is 101 Å². The van der Waals surface area contributed by atoms with Gasteiger partial charge < -0.3 is 30.7 Å². The van der Waals surface area contributed by atoms with Crippen LogP contribution >= 0.6 is 0 Å². The maximum absolute atomic E-state index is 12.4. The second-order valence-electron chi connectivity index (χ2n) is 8.51. The van der Waals surface area contributed by atoms with E-state index in [1.807, 2.05) is 0 Å². The molecule has 4 amide bonds. The van der Waals surface area contributed by atoms with Crippen LogP contribution in [0.1, 0.15) is 33.1 Å². The van der Waals surface area contributed by atoms with Gasteiger partial charge in [0.15, 0.2) is 0 Å². The first-order valence-electron chi connectivity index (χ1n) is 12.6. The molecule has 1 saturated heterocycles. The van der Waals surface area contributed by atoms with Crippen molar-refractivity contribution in [3.8, 4) is 0 Å². The monoisotopic (exact) mass is 851 g/mol. The molecule has 0 saturated carbocycles. The number of methoxy groups -OCH3 is 2. The number of carbonyl (C=O) groups excluding carboxylic acids is 6. The Labute approximate surface area is 272 Å². The molecule has 2 radical (unpaired) electrons. The van der Waals surface area contributed by atoms with Crippen molar-refractivity contribution in [2.45, 2.75) is 51.4 Å². The zero-order chi connectivity index (χ0) is 34.1. The van der Waals surface area contributed by atoms with Crippen LogP contribution in [0, 0.1) is 42.9 Å². The predicted molar refractivity (Wildman–Crippen MR) is 138 cm³/mol. The standard InChI is InChI=1S/C12H17F3N2O4.C12H16F2N2O4.BH.U/c1-3-8(11(16)20)17(6-4-5-12(13,14)15)9(18)7-10(19)21-2;1-3-7(10(15)17)16-5-6(4-8(13)14)9(11(16)18)12(19)20-2;;/h4-5,8H,3,6-7H2,1-2H3,(H2,16,20);4,6-7,9H,3,5H2,1-2H3,(H2,15,17);1H;/t8-;6?,7-,9?;;/m00../s1/i;;1D;. The number of hydrogen-bond acceptors (Lipinski definition) is 8. The molecule has 1 aliphatic heterocycles. The maximum atomic E-state index is 12.4. The van der Waals surface area contributed by atoms with E-state index in [1.54, 1.807) is 13.8 Å². The van der Waals surface area contributed by atoms with Gasteiger partial charge >= 0.3 is 18.1 Å². The van der Waals surface area contributed by atoms with Gasteiger partial charge in [-0.25, -0.2) is 0 Å². The number of alkyl halides is 3. The van der Waals surface area contributed by atoms with Gasteiger partial charge in [-0.3, -0.25) is 28.8 Å². The van der Waals surface area contributed by atoms with E-state index in [-0.39, 0.29) is 56.6 Å². The van der Waals surface area contributed by atoms with Gasteiger partial charge in [0.05, 0.1) is 14.2 Å². The van der Waals surface area contributed by atoms with Crippen molar-refractivity contribution in [3.63, 3.8) is 0 Å². The topological polar surface area (TPSA) is 179 Å². The van der Waals surface area contributed by atoms with E-state index < -0.39 is 84.7 Å². The Balaban J connectivity index is -0.000000708. The molecule has 4 N–H and O–H groups in total. The van der Waals surface area contributed by atoms with Gasteiger partial charge in [0.1, 0.15) is 24.4 Å². The van der Waals surface area contributed by atoms with Crippen LogP contribution in [0.3, 0.4) is 0 Å². The predicted octanol–water partition coefficient (Wildman–Crippen LogP) is 0.390. The SMILES string of the molecule is CC[C@@H](C(N)=O)N(CC=CC(F)(F)F)C(=O)CC(=O)OC.CC[C@@H](C(N)=O)N1CC(C=C(F)F)C(C(=O)OC)C1=O.[2H][B].[U]. The molecule has 0 spiro atoms. The van der Waals surface area contributed by atoms with E-state index >= 15 is 0 Å². The number of esters is 2. The Morgan fingerprint density at radius 2 is 1.65 bits per heavy atom. The van der Waals surface area contributed by atoms with Crippen molar-refractivity contribution in [1.29, 1.82) is 1.34 Å². The van der Waals surface area contributed by atoms with Crippen LogP contribution in [0.4, 0.5) is 22.0 Å². The molecular weight excluding hydrogens is 816 g/mol. The summed E-state index contributed by atoms with van der Waals surface area (Å²) in [5.41, 5.74) is 10.3. The fourth-order valence-electron chi connectivity index (χ4n) is 3.93. The van der Waals surface area contributed by atoms with E-state index in [1.165, 1.54) is 0 Å². The Kier molecular flexibility index (Phi) is 20.5. The number of likely N-dealkylation sites (tertiary alicyclic amines) is 1. The van der Waals surface area contributed by atoms with Gasteiger partial charge in [0.2, 0.25) is 23.6 Å². The summed E-state index contributed by atoms with van der Waals surface area (Å²) in [5.74, 6) is -7.32. The van der Waals surface area contributed by atoms with Crippen molar-refractivity contribution in [3.05, 3.63) is 24.3 Å². The van der Waals surface area contributed by atoms with Crippen LogP contribution in [0.5, 0.6) is 0 Å². The Morgan fingerprint density at radius 3 is 2.02 bits per heavy atom. The molecule has 43 heavy (non-hydrogen) atoms. The minimum atomic E-state index is -4.54.